The van der Waals surface area contributed by atoms with Crippen LogP contribution in [0.1, 0.15) is 47.2 Å². The summed E-state index contributed by atoms with van der Waals surface area (Å²) < 4.78 is 40.2. The van der Waals surface area contributed by atoms with Crippen molar-refractivity contribution in [2.45, 2.75) is 32.3 Å². The molecule has 1 N–H and O–H groups in total. The third-order valence-electron chi connectivity index (χ3n) is 4.40. The second-order valence-electron chi connectivity index (χ2n) is 6.47. The van der Waals surface area contributed by atoms with Gasteiger partial charge in [-0.15, -0.1) is 11.3 Å². The molecule has 160 valence electrons. The van der Waals surface area contributed by atoms with Crippen LogP contribution in [-0.2, 0) is 9.53 Å². The number of para-hydroxylation sites is 1. The van der Waals surface area contributed by atoms with Crippen molar-refractivity contribution in [2.24, 2.45) is 0 Å². The second-order valence-corrected chi connectivity index (χ2v) is 7.35. The van der Waals surface area contributed by atoms with Crippen molar-refractivity contribution >= 4 is 34.3 Å². The zero-order chi connectivity index (χ0) is 21.7. The molecule has 9 heteroatoms. The minimum atomic E-state index is -3.04. The highest BCUT2D eigenvalue weighted by Gasteiger charge is 2.32. The normalized spacial score (nSPS) is 13.5. The quantitative estimate of drug-likeness (QED) is 0.438. The van der Waals surface area contributed by atoms with Gasteiger partial charge in [0.1, 0.15) is 5.00 Å². The molecule has 1 amide bonds. The molecular weight excluding hydrogens is 416 g/mol. The van der Waals surface area contributed by atoms with Gasteiger partial charge in [0.15, 0.2) is 11.5 Å². The van der Waals surface area contributed by atoms with E-state index in [1.807, 2.05) is 5.38 Å². The van der Waals surface area contributed by atoms with E-state index in [0.29, 0.717) is 16.5 Å². The highest BCUT2D eigenvalue weighted by Crippen LogP contribution is 2.46. The van der Waals surface area contributed by atoms with Crippen molar-refractivity contribution in [1.82, 2.24) is 0 Å². The number of rotatable bonds is 9. The topological polar surface area (TPSA) is 73.9 Å². The Balaban J connectivity index is 1.80. The Labute approximate surface area is 176 Å². The van der Waals surface area contributed by atoms with E-state index >= 15 is 0 Å². The highest BCUT2D eigenvalue weighted by atomic mass is 32.1. The molecule has 0 bridgehead atoms. The number of nitrogens with one attached hydrogen (secondary N) is 1. The van der Waals surface area contributed by atoms with Crippen molar-refractivity contribution in [3.8, 4) is 11.5 Å². The van der Waals surface area contributed by atoms with Gasteiger partial charge in [-0.3, -0.25) is 4.79 Å². The maximum atomic E-state index is 12.7. The van der Waals surface area contributed by atoms with Crippen LogP contribution in [0.15, 0.2) is 29.7 Å². The van der Waals surface area contributed by atoms with Gasteiger partial charge in [0.05, 0.1) is 19.3 Å². The van der Waals surface area contributed by atoms with E-state index in [4.69, 9.17) is 9.47 Å². The molecule has 0 radical (unpaired) electrons. The fraction of sp³-hybridized carbons (Fsp3) is 0.333. The van der Waals surface area contributed by atoms with Crippen LogP contribution in [0.2, 0.25) is 0 Å². The highest BCUT2D eigenvalue weighted by molar-refractivity contribution is 7.15. The summed E-state index contributed by atoms with van der Waals surface area (Å²) in [6.07, 6.45) is 4.52. The molecule has 30 heavy (non-hydrogen) atoms. The summed E-state index contributed by atoms with van der Waals surface area (Å²) in [5.74, 6) is -0.725. The molecule has 1 saturated carbocycles. The third-order valence-corrected chi connectivity index (χ3v) is 5.32. The van der Waals surface area contributed by atoms with Gasteiger partial charge in [-0.05, 0) is 48.8 Å². The predicted octanol–water partition coefficient (Wildman–Crippen LogP) is 5.06. The molecule has 1 fully saturated rings. The van der Waals surface area contributed by atoms with Gasteiger partial charge < -0.3 is 19.5 Å². The van der Waals surface area contributed by atoms with Crippen LogP contribution in [0.3, 0.4) is 0 Å². The minimum Gasteiger partial charge on any atom is -0.493 e. The summed E-state index contributed by atoms with van der Waals surface area (Å²) in [4.78, 5) is 24.8. The van der Waals surface area contributed by atoms with Gasteiger partial charge in [-0.2, -0.15) is 8.78 Å². The lowest BCUT2D eigenvalue weighted by Gasteiger charge is -2.12. The number of halogens is 2. The summed E-state index contributed by atoms with van der Waals surface area (Å²) in [7, 11) is 1.33. The molecule has 2 aromatic rings. The summed E-state index contributed by atoms with van der Waals surface area (Å²) in [6, 6.07) is 4.59. The molecule has 1 heterocycles. The molecule has 6 nitrogen and oxygen atoms in total. The van der Waals surface area contributed by atoms with Crippen LogP contribution >= 0.6 is 11.3 Å². The number of benzene rings is 1. The van der Waals surface area contributed by atoms with Crippen LogP contribution < -0.4 is 14.8 Å². The lowest BCUT2D eigenvalue weighted by atomic mass is 10.1. The number of ether oxygens (including phenoxy) is 3. The van der Waals surface area contributed by atoms with Crippen LogP contribution in [0, 0.1) is 0 Å². The number of alkyl halides is 2. The first kappa shape index (κ1) is 21.8. The Hall–Kier alpha value is -2.94. The Bertz CT molecular complexity index is 953. The van der Waals surface area contributed by atoms with Gasteiger partial charge in [0.25, 0.3) is 0 Å². The maximum Gasteiger partial charge on any atom is 0.387 e. The molecular formula is C21H21F2NO5S. The molecule has 1 aromatic carbocycles. The number of hydrogen-bond acceptors (Lipinski definition) is 6. The second kappa shape index (κ2) is 9.71. The van der Waals surface area contributed by atoms with Crippen LogP contribution in [0.4, 0.5) is 13.8 Å². The van der Waals surface area contributed by atoms with Crippen molar-refractivity contribution in [3.05, 3.63) is 46.3 Å². The number of esters is 1. The first-order valence-electron chi connectivity index (χ1n) is 9.34. The van der Waals surface area contributed by atoms with Crippen molar-refractivity contribution in [3.63, 3.8) is 0 Å². The minimum absolute atomic E-state index is 0.120. The number of carbonyl (C=O) groups excluding carboxylic acids is 2. The average molecular weight is 437 g/mol. The lowest BCUT2D eigenvalue weighted by Crippen LogP contribution is -2.13. The van der Waals surface area contributed by atoms with E-state index in [0.717, 1.165) is 18.4 Å². The van der Waals surface area contributed by atoms with Crippen LogP contribution in [-0.4, -0.2) is 32.2 Å². The fourth-order valence-corrected chi connectivity index (χ4v) is 3.96. The Morgan fingerprint density at radius 1 is 1.33 bits per heavy atom. The molecule has 0 aliphatic heterocycles. The molecule has 0 spiro atoms. The molecule has 1 aliphatic rings. The number of thiophene rings is 1. The molecule has 0 unspecified atom stereocenters. The SMILES string of the molecule is CCOC(=O)c1c(C2CC2)csc1NC(=O)/C=C/c1cccc(OC)c1OC(F)F. The van der Waals surface area contributed by atoms with Gasteiger partial charge in [-0.1, -0.05) is 12.1 Å². The predicted molar refractivity (Wildman–Crippen MR) is 110 cm³/mol. The largest absolute Gasteiger partial charge is 0.493 e. The van der Waals surface area contributed by atoms with Gasteiger partial charge in [0, 0.05) is 11.6 Å². The number of methoxy groups -OCH3 is 1. The summed E-state index contributed by atoms with van der Waals surface area (Å²) in [5.41, 5.74) is 1.52. The Morgan fingerprint density at radius 3 is 2.73 bits per heavy atom. The number of amides is 1. The standard InChI is InChI=1S/C21H21F2NO5S/c1-3-28-20(26)17-14(12-7-8-12)11-30-19(17)24-16(25)10-9-13-5-4-6-15(27-2)18(13)29-21(22)23/h4-6,9-12,21H,3,7-8H2,1-2H3,(H,24,25)/b10-9+. The third kappa shape index (κ3) is 5.15. The molecule has 1 aromatic heterocycles. The number of anilines is 1. The van der Waals surface area contributed by atoms with Gasteiger partial charge in [0.2, 0.25) is 5.91 Å². The monoisotopic (exact) mass is 437 g/mol. The lowest BCUT2D eigenvalue weighted by molar-refractivity contribution is -0.111. The van der Waals surface area contributed by atoms with Gasteiger partial charge in [-0.25, -0.2) is 4.79 Å². The molecule has 3 rings (SSSR count). The summed E-state index contributed by atoms with van der Waals surface area (Å²) >= 11 is 1.26. The molecule has 0 atom stereocenters. The summed E-state index contributed by atoms with van der Waals surface area (Å²) in [6.45, 7) is -1.09. The number of hydrogen-bond donors (Lipinski definition) is 1. The van der Waals surface area contributed by atoms with Crippen LogP contribution in [0.5, 0.6) is 11.5 Å². The maximum absolute atomic E-state index is 12.7. The van der Waals surface area contributed by atoms with Crippen molar-refractivity contribution < 1.29 is 32.6 Å². The molecule has 0 saturated heterocycles. The van der Waals surface area contributed by atoms with E-state index in [9.17, 15) is 18.4 Å². The zero-order valence-electron chi connectivity index (χ0n) is 16.4. The fourth-order valence-electron chi connectivity index (χ4n) is 2.93. The van der Waals surface area contributed by atoms with E-state index in [1.165, 1.54) is 42.7 Å². The van der Waals surface area contributed by atoms with Crippen molar-refractivity contribution in [2.75, 3.05) is 19.0 Å². The number of carbonyl (C=O) groups is 2. The van der Waals surface area contributed by atoms with Gasteiger partial charge >= 0.3 is 12.6 Å². The van der Waals surface area contributed by atoms with Crippen LogP contribution in [0.25, 0.3) is 6.08 Å². The van der Waals surface area contributed by atoms with E-state index in [1.54, 1.807) is 13.0 Å². The van der Waals surface area contributed by atoms with Crippen molar-refractivity contribution in [1.29, 1.82) is 0 Å². The van der Waals surface area contributed by atoms with E-state index < -0.39 is 18.5 Å². The Morgan fingerprint density at radius 2 is 2.10 bits per heavy atom. The Kier molecular flexibility index (Phi) is 7.04. The zero-order valence-corrected chi connectivity index (χ0v) is 17.3. The summed E-state index contributed by atoms with van der Waals surface area (Å²) in [5, 5.41) is 4.95. The molecule has 1 aliphatic carbocycles. The first-order chi connectivity index (χ1) is 14.4. The first-order valence-corrected chi connectivity index (χ1v) is 10.2. The van der Waals surface area contributed by atoms with E-state index in [-0.39, 0.29) is 23.7 Å². The average Bonchev–Trinajstić information content (AvgIpc) is 3.47. The smallest absolute Gasteiger partial charge is 0.387 e. The van der Waals surface area contributed by atoms with E-state index in [2.05, 4.69) is 10.1 Å².